The van der Waals surface area contributed by atoms with Crippen LogP contribution < -0.4 is 10.6 Å². The van der Waals surface area contributed by atoms with Gasteiger partial charge >= 0.3 is 5.97 Å². The molecule has 0 saturated heterocycles. The second-order valence-corrected chi connectivity index (χ2v) is 7.25. The Kier molecular flexibility index (Phi) is 8.20. The lowest BCUT2D eigenvalue weighted by molar-refractivity contribution is -0.118. The van der Waals surface area contributed by atoms with Crippen LogP contribution in [-0.4, -0.2) is 30.4 Å². The largest absolute Gasteiger partial charge is 0.462 e. The molecule has 0 spiro atoms. The van der Waals surface area contributed by atoms with Crippen LogP contribution in [0.5, 0.6) is 0 Å². The van der Waals surface area contributed by atoms with Crippen molar-refractivity contribution in [3.63, 3.8) is 0 Å². The number of benzene rings is 2. The van der Waals surface area contributed by atoms with E-state index in [4.69, 9.17) is 9.15 Å². The first-order chi connectivity index (χ1) is 15.6. The number of ether oxygens (including phenoxy) is 1. The zero-order valence-electron chi connectivity index (χ0n) is 17.9. The van der Waals surface area contributed by atoms with Crippen LogP contribution in [0.3, 0.4) is 0 Å². The fourth-order valence-corrected chi connectivity index (χ4v) is 3.01. The molecule has 0 bridgehead atoms. The molecular weight excluding hydrogens is 408 g/mol. The number of carbonyl (C=O) groups excluding carboxylic acids is 3. The van der Waals surface area contributed by atoms with Crippen LogP contribution in [0.4, 0.5) is 5.69 Å². The number of rotatable bonds is 10. The van der Waals surface area contributed by atoms with Crippen LogP contribution in [0.1, 0.15) is 46.2 Å². The number of anilines is 1. The summed E-state index contributed by atoms with van der Waals surface area (Å²) in [4.78, 5) is 37.5. The van der Waals surface area contributed by atoms with E-state index in [-0.39, 0.29) is 11.7 Å². The molecule has 0 aliphatic rings. The highest BCUT2D eigenvalue weighted by Crippen LogP contribution is 2.13. The highest BCUT2D eigenvalue weighted by molar-refractivity contribution is 6.00. The maximum atomic E-state index is 13.0. The molecule has 7 heteroatoms. The normalized spacial score (nSPS) is 11.4. The molecule has 0 radical (unpaired) electrons. The fourth-order valence-electron chi connectivity index (χ4n) is 3.01. The van der Waals surface area contributed by atoms with Gasteiger partial charge in [0.25, 0.3) is 5.91 Å². The molecule has 0 saturated carbocycles. The number of unbranched alkanes of at least 4 members (excludes halogenated alkanes) is 1. The smallest absolute Gasteiger partial charge is 0.338 e. The number of furan rings is 1. The highest BCUT2D eigenvalue weighted by Gasteiger charge is 2.23. The second kappa shape index (κ2) is 11.5. The lowest BCUT2D eigenvalue weighted by Crippen LogP contribution is -2.45. The van der Waals surface area contributed by atoms with Gasteiger partial charge in [-0.2, -0.15) is 0 Å². The third-order valence-corrected chi connectivity index (χ3v) is 4.77. The van der Waals surface area contributed by atoms with Gasteiger partial charge in [-0.15, -0.1) is 0 Å². The zero-order chi connectivity index (χ0) is 22.8. The van der Waals surface area contributed by atoms with E-state index in [2.05, 4.69) is 10.6 Å². The first-order valence-electron chi connectivity index (χ1n) is 10.5. The molecule has 2 amide bonds. The van der Waals surface area contributed by atoms with Gasteiger partial charge in [0, 0.05) is 12.1 Å². The van der Waals surface area contributed by atoms with Gasteiger partial charge in [-0.1, -0.05) is 43.7 Å². The summed E-state index contributed by atoms with van der Waals surface area (Å²) < 4.78 is 10.3. The molecule has 0 aliphatic heterocycles. The first-order valence-corrected chi connectivity index (χ1v) is 10.5. The molecule has 32 heavy (non-hydrogen) atoms. The molecule has 7 nitrogen and oxygen atoms in total. The molecule has 3 rings (SSSR count). The number of hydrogen-bond donors (Lipinski definition) is 2. The van der Waals surface area contributed by atoms with E-state index in [0.29, 0.717) is 24.3 Å². The predicted molar refractivity (Wildman–Crippen MR) is 120 cm³/mol. The van der Waals surface area contributed by atoms with Crippen molar-refractivity contribution in [3.05, 3.63) is 89.9 Å². The summed E-state index contributed by atoms with van der Waals surface area (Å²) in [6.07, 6.45) is 3.46. The van der Waals surface area contributed by atoms with Crippen molar-refractivity contribution >= 4 is 23.5 Å². The van der Waals surface area contributed by atoms with Crippen molar-refractivity contribution in [1.82, 2.24) is 5.32 Å². The van der Waals surface area contributed by atoms with E-state index in [1.54, 1.807) is 30.3 Å². The van der Waals surface area contributed by atoms with Crippen molar-refractivity contribution in [2.45, 2.75) is 32.2 Å². The van der Waals surface area contributed by atoms with Gasteiger partial charge in [0.05, 0.1) is 18.4 Å². The van der Waals surface area contributed by atoms with Crippen molar-refractivity contribution in [2.75, 3.05) is 11.9 Å². The average molecular weight is 434 g/mol. The quantitative estimate of drug-likeness (QED) is 0.368. The van der Waals surface area contributed by atoms with E-state index in [1.165, 1.54) is 12.3 Å². The summed E-state index contributed by atoms with van der Waals surface area (Å²) >= 11 is 0. The molecule has 2 N–H and O–H groups in total. The van der Waals surface area contributed by atoms with Gasteiger partial charge in [0.15, 0.2) is 5.76 Å². The molecule has 3 aromatic rings. The molecule has 0 fully saturated rings. The van der Waals surface area contributed by atoms with E-state index in [1.807, 2.05) is 37.3 Å². The Morgan fingerprint density at radius 1 is 0.969 bits per heavy atom. The van der Waals surface area contributed by atoms with Crippen LogP contribution in [0, 0.1) is 0 Å². The molecule has 166 valence electrons. The first kappa shape index (κ1) is 22.8. The summed E-state index contributed by atoms with van der Waals surface area (Å²) in [7, 11) is 0. The Balaban J connectivity index is 1.67. The van der Waals surface area contributed by atoms with E-state index < -0.39 is 17.9 Å². The molecular formula is C25H26N2O5. The third-order valence-electron chi connectivity index (χ3n) is 4.77. The van der Waals surface area contributed by atoms with Gasteiger partial charge < -0.3 is 19.8 Å². The summed E-state index contributed by atoms with van der Waals surface area (Å²) in [6.45, 7) is 2.40. The van der Waals surface area contributed by atoms with Gasteiger partial charge in [-0.25, -0.2) is 4.79 Å². The Labute approximate surface area is 186 Å². The fraction of sp³-hybridized carbons (Fsp3) is 0.240. The minimum absolute atomic E-state index is 0.127. The number of esters is 1. The summed E-state index contributed by atoms with van der Waals surface area (Å²) in [6, 6.07) is 18.2. The highest BCUT2D eigenvalue weighted by atomic mass is 16.5. The van der Waals surface area contributed by atoms with Crippen LogP contribution in [0.25, 0.3) is 0 Å². The van der Waals surface area contributed by atoms with Crippen LogP contribution >= 0.6 is 0 Å². The lowest BCUT2D eigenvalue weighted by atomic mass is 10.0. The van der Waals surface area contributed by atoms with Gasteiger partial charge in [-0.05, 0) is 48.4 Å². The van der Waals surface area contributed by atoms with Gasteiger partial charge in [0.2, 0.25) is 5.91 Å². The molecule has 0 aliphatic carbocycles. The van der Waals surface area contributed by atoms with Crippen LogP contribution in [-0.2, 0) is 16.0 Å². The van der Waals surface area contributed by atoms with Gasteiger partial charge in [0.1, 0.15) is 6.04 Å². The maximum Gasteiger partial charge on any atom is 0.338 e. The molecule has 1 atom stereocenters. The predicted octanol–water partition coefficient (Wildman–Crippen LogP) is 4.22. The van der Waals surface area contributed by atoms with Crippen molar-refractivity contribution in [3.8, 4) is 0 Å². The SMILES string of the molecule is CCCCOC(=O)c1ccc(NC(=O)C(Cc2ccccc2)NC(=O)c2ccco2)cc1. The topological polar surface area (TPSA) is 97.6 Å². The molecule has 2 aromatic carbocycles. The monoisotopic (exact) mass is 434 g/mol. The Bertz CT molecular complexity index is 1010. The molecule has 1 unspecified atom stereocenters. The standard InChI is InChI=1S/C25H26N2O5/c1-2-3-15-32-25(30)19-11-13-20(14-12-19)26-23(28)21(17-18-8-5-4-6-9-18)27-24(29)22-10-7-16-31-22/h4-14,16,21H,2-3,15,17H2,1H3,(H,26,28)(H,27,29). The second-order valence-electron chi connectivity index (χ2n) is 7.25. The summed E-state index contributed by atoms with van der Waals surface area (Å²) in [5.74, 6) is -1.13. The number of hydrogen-bond acceptors (Lipinski definition) is 5. The number of amides is 2. The third kappa shape index (κ3) is 6.57. The zero-order valence-corrected chi connectivity index (χ0v) is 17.9. The summed E-state index contributed by atoms with van der Waals surface area (Å²) in [5.41, 5.74) is 1.81. The Morgan fingerprint density at radius 3 is 2.38 bits per heavy atom. The minimum atomic E-state index is -0.825. The molecule has 1 aromatic heterocycles. The number of nitrogens with one attached hydrogen (secondary N) is 2. The minimum Gasteiger partial charge on any atom is -0.462 e. The van der Waals surface area contributed by atoms with Crippen LogP contribution in [0.2, 0.25) is 0 Å². The van der Waals surface area contributed by atoms with Crippen molar-refractivity contribution in [2.24, 2.45) is 0 Å². The Morgan fingerprint density at radius 2 is 1.72 bits per heavy atom. The van der Waals surface area contributed by atoms with Crippen molar-refractivity contribution in [1.29, 1.82) is 0 Å². The number of carbonyl (C=O) groups is 3. The van der Waals surface area contributed by atoms with Gasteiger partial charge in [-0.3, -0.25) is 9.59 Å². The molecule has 1 heterocycles. The lowest BCUT2D eigenvalue weighted by Gasteiger charge is -2.18. The van der Waals surface area contributed by atoms with Crippen LogP contribution in [0.15, 0.2) is 77.4 Å². The summed E-state index contributed by atoms with van der Waals surface area (Å²) in [5, 5.41) is 5.52. The van der Waals surface area contributed by atoms with E-state index >= 15 is 0 Å². The Hall–Kier alpha value is -3.87. The van der Waals surface area contributed by atoms with E-state index in [9.17, 15) is 14.4 Å². The maximum absolute atomic E-state index is 13.0. The average Bonchev–Trinajstić information content (AvgIpc) is 3.35. The van der Waals surface area contributed by atoms with Crippen molar-refractivity contribution < 1.29 is 23.5 Å². The van der Waals surface area contributed by atoms with E-state index in [0.717, 1.165) is 18.4 Å².